The van der Waals surface area contributed by atoms with Crippen LogP contribution >= 0.6 is 55.4 Å². The number of ether oxygens (including phenoxy) is 4. The Morgan fingerprint density at radius 1 is 0.700 bits per heavy atom. The molecule has 6 nitrogen and oxygen atoms in total. The lowest BCUT2D eigenvalue weighted by molar-refractivity contribution is 0.414. The highest BCUT2D eigenvalue weighted by atomic mass is 79.9. The van der Waals surface area contributed by atoms with E-state index in [1.165, 1.54) is 0 Å². The van der Waals surface area contributed by atoms with E-state index in [-0.39, 0.29) is 0 Å². The van der Waals surface area contributed by atoms with Gasteiger partial charge in [0.15, 0.2) is 0 Å². The summed E-state index contributed by atoms with van der Waals surface area (Å²) in [5.74, 6) is 3.27. The fourth-order valence-corrected chi connectivity index (χ4v) is 5.99. The molecule has 0 atom stereocenters. The van der Waals surface area contributed by atoms with Crippen molar-refractivity contribution in [3.05, 3.63) is 93.4 Å². The molecule has 0 bridgehead atoms. The van der Waals surface area contributed by atoms with Gasteiger partial charge in [-0.25, -0.2) is 4.98 Å². The lowest BCUT2D eigenvalue weighted by atomic mass is 10.2. The molecule has 1 aromatic heterocycles. The first-order valence-corrected chi connectivity index (χ1v) is 14.7. The molecule has 0 aliphatic rings. The van der Waals surface area contributed by atoms with E-state index < -0.39 is 0 Å². The molecule has 0 aliphatic carbocycles. The van der Waals surface area contributed by atoms with Gasteiger partial charge >= 0.3 is 0 Å². The highest BCUT2D eigenvalue weighted by Gasteiger charge is 2.11. The van der Waals surface area contributed by atoms with E-state index in [9.17, 15) is 0 Å². The minimum atomic E-state index is 0.651. The molecule has 0 aliphatic heterocycles. The van der Waals surface area contributed by atoms with Crippen LogP contribution < -0.4 is 24.3 Å². The Labute approximate surface area is 259 Å². The normalized spacial score (nSPS) is 10.3. The molecule has 0 fully saturated rings. The Balaban J connectivity index is 0.000000185. The Bertz CT molecular complexity index is 1610. The monoisotopic (exact) mass is 700 g/mol. The second-order valence-corrected chi connectivity index (χ2v) is 11.4. The van der Waals surface area contributed by atoms with Gasteiger partial charge in [0, 0.05) is 20.1 Å². The molecule has 0 radical (unpaired) electrons. The van der Waals surface area contributed by atoms with E-state index in [1.807, 2.05) is 78.9 Å². The summed E-state index contributed by atoms with van der Waals surface area (Å²) in [6.45, 7) is 0. The van der Waals surface area contributed by atoms with E-state index in [0.29, 0.717) is 4.99 Å². The molecule has 0 saturated heterocycles. The predicted molar refractivity (Wildman–Crippen MR) is 175 cm³/mol. The quantitative estimate of drug-likeness (QED) is 0.170. The van der Waals surface area contributed by atoms with E-state index in [1.54, 1.807) is 39.8 Å². The number of nitrogens with one attached hydrogen (secondary N) is 1. The number of anilines is 1. The van der Waals surface area contributed by atoms with Crippen LogP contribution in [0.2, 0.25) is 0 Å². The van der Waals surface area contributed by atoms with Crippen LogP contribution in [-0.2, 0) is 0 Å². The van der Waals surface area contributed by atoms with Crippen LogP contribution in [0.4, 0.5) is 5.69 Å². The van der Waals surface area contributed by atoms with Gasteiger partial charge in [-0.2, -0.15) is 0 Å². The summed E-state index contributed by atoms with van der Waals surface area (Å²) in [4.78, 5) is 5.34. The molecule has 0 saturated carbocycles. The standard InChI is InChI=1S/C15H12BrNO2S.C15H14BrNO2S/c1-18-10-5-3-9(4-6-10)15-17-14-12(16)7-11(19-2)8-13(14)20-15;1-18-11-5-3-10(4-6-11)15(20)17-14-8-7-12(19-2)9-13(14)16/h3-8H,1-2H3;3-9H,1-2H3,(H,17,20). The maximum Gasteiger partial charge on any atom is 0.124 e. The topological polar surface area (TPSA) is 61.8 Å². The minimum absolute atomic E-state index is 0.651. The summed E-state index contributed by atoms with van der Waals surface area (Å²) < 4.78 is 23.7. The van der Waals surface area contributed by atoms with Crippen molar-refractivity contribution in [3.8, 4) is 33.6 Å². The van der Waals surface area contributed by atoms with Crippen LogP contribution in [0, 0.1) is 0 Å². The van der Waals surface area contributed by atoms with Gasteiger partial charge in [-0.3, -0.25) is 0 Å². The second-order valence-electron chi connectivity index (χ2n) is 8.23. The molecule has 0 unspecified atom stereocenters. The van der Waals surface area contributed by atoms with Crippen molar-refractivity contribution in [2.24, 2.45) is 0 Å². The van der Waals surface area contributed by atoms with Crippen LogP contribution in [0.5, 0.6) is 23.0 Å². The number of nitrogens with zero attached hydrogens (tertiary/aromatic N) is 1. The van der Waals surface area contributed by atoms with Gasteiger partial charge < -0.3 is 24.3 Å². The molecular formula is C30H26Br2N2O4S2. The average molecular weight is 702 g/mol. The van der Waals surface area contributed by atoms with Crippen LogP contribution in [0.3, 0.4) is 0 Å². The van der Waals surface area contributed by atoms with Crippen molar-refractivity contribution in [1.82, 2.24) is 4.98 Å². The highest BCUT2D eigenvalue weighted by molar-refractivity contribution is 9.11. The molecule has 40 heavy (non-hydrogen) atoms. The van der Waals surface area contributed by atoms with Crippen LogP contribution in [-0.4, -0.2) is 38.4 Å². The van der Waals surface area contributed by atoms with Crippen molar-refractivity contribution < 1.29 is 18.9 Å². The number of thiazole rings is 1. The van der Waals surface area contributed by atoms with Gasteiger partial charge in [0.25, 0.3) is 0 Å². The molecule has 1 N–H and O–H groups in total. The van der Waals surface area contributed by atoms with Crippen LogP contribution in [0.25, 0.3) is 20.8 Å². The minimum Gasteiger partial charge on any atom is -0.497 e. The predicted octanol–water partition coefficient (Wildman–Crippen LogP) is 9.00. The Morgan fingerprint density at radius 2 is 1.25 bits per heavy atom. The number of benzene rings is 4. The summed E-state index contributed by atoms with van der Waals surface area (Å²) in [6.07, 6.45) is 0. The van der Waals surface area contributed by atoms with Gasteiger partial charge in [-0.05, 0) is 111 Å². The lowest BCUT2D eigenvalue weighted by Crippen LogP contribution is -2.10. The first-order valence-electron chi connectivity index (χ1n) is 11.9. The van der Waals surface area contributed by atoms with Gasteiger partial charge in [0.2, 0.25) is 0 Å². The molecule has 0 amide bonds. The fraction of sp³-hybridized carbons (Fsp3) is 0.133. The van der Waals surface area contributed by atoms with E-state index in [2.05, 4.69) is 42.2 Å². The number of halogens is 2. The van der Waals surface area contributed by atoms with Crippen molar-refractivity contribution >= 4 is 76.3 Å². The maximum atomic E-state index is 5.40. The molecule has 10 heteroatoms. The summed E-state index contributed by atoms with van der Waals surface area (Å²) >= 11 is 14.1. The Kier molecular flexibility index (Phi) is 10.4. The summed E-state index contributed by atoms with van der Waals surface area (Å²) in [7, 11) is 6.60. The first kappa shape index (κ1) is 29.8. The van der Waals surface area contributed by atoms with Crippen molar-refractivity contribution in [1.29, 1.82) is 0 Å². The number of rotatable bonds is 7. The number of methoxy groups -OCH3 is 4. The number of hydrogen-bond acceptors (Lipinski definition) is 7. The number of thiocarbonyl (C=S) groups is 1. The number of aromatic nitrogens is 1. The molecule has 1 heterocycles. The van der Waals surface area contributed by atoms with E-state index in [4.69, 9.17) is 31.2 Å². The third-order valence-electron chi connectivity index (χ3n) is 5.77. The zero-order chi connectivity index (χ0) is 28.6. The SMILES string of the molecule is COc1ccc(-c2nc3c(Br)cc(OC)cc3s2)cc1.COc1ccc(C(=S)Nc2ccc(OC)cc2Br)cc1. The molecule has 206 valence electrons. The van der Waals surface area contributed by atoms with Crippen LogP contribution in [0.1, 0.15) is 5.56 Å². The zero-order valence-corrected chi connectivity index (χ0v) is 27.0. The molecular weight excluding hydrogens is 676 g/mol. The van der Waals surface area contributed by atoms with Crippen molar-refractivity contribution in [2.75, 3.05) is 33.8 Å². The molecule has 5 aromatic rings. The van der Waals surface area contributed by atoms with Gasteiger partial charge in [-0.15, -0.1) is 11.3 Å². The maximum absolute atomic E-state index is 5.40. The lowest BCUT2D eigenvalue weighted by Gasteiger charge is -2.11. The summed E-state index contributed by atoms with van der Waals surface area (Å²) in [6, 6.07) is 25.1. The number of fused-ring (bicyclic) bond motifs is 1. The average Bonchev–Trinajstić information content (AvgIpc) is 3.43. The van der Waals surface area contributed by atoms with Crippen LogP contribution in [0.15, 0.2) is 87.8 Å². The Morgan fingerprint density at radius 3 is 1.82 bits per heavy atom. The smallest absolute Gasteiger partial charge is 0.124 e. The molecule has 5 rings (SSSR count). The van der Waals surface area contributed by atoms with Gasteiger partial charge in [0.05, 0.1) is 44.3 Å². The fourth-order valence-electron chi connectivity index (χ4n) is 3.60. The van der Waals surface area contributed by atoms with Crippen molar-refractivity contribution in [2.45, 2.75) is 0 Å². The molecule has 0 spiro atoms. The highest BCUT2D eigenvalue weighted by Crippen LogP contribution is 2.37. The van der Waals surface area contributed by atoms with E-state index >= 15 is 0 Å². The first-order chi connectivity index (χ1) is 19.3. The third kappa shape index (κ3) is 7.31. The van der Waals surface area contributed by atoms with E-state index in [0.717, 1.165) is 64.0 Å². The Hall–Kier alpha value is -3.18. The van der Waals surface area contributed by atoms with Crippen molar-refractivity contribution in [3.63, 3.8) is 0 Å². The van der Waals surface area contributed by atoms with Gasteiger partial charge in [0.1, 0.15) is 33.0 Å². The molecule has 4 aromatic carbocycles. The largest absolute Gasteiger partial charge is 0.497 e. The zero-order valence-electron chi connectivity index (χ0n) is 22.2. The second kappa shape index (κ2) is 13.9. The van der Waals surface area contributed by atoms with Gasteiger partial charge in [-0.1, -0.05) is 12.2 Å². The third-order valence-corrected chi connectivity index (χ3v) is 8.42. The summed E-state index contributed by atoms with van der Waals surface area (Å²) in [5.41, 5.74) is 3.87. The number of hydrogen-bond donors (Lipinski definition) is 1. The summed E-state index contributed by atoms with van der Waals surface area (Å²) in [5, 5.41) is 4.19.